The van der Waals surface area contributed by atoms with Crippen molar-refractivity contribution >= 4 is 45.7 Å². The van der Waals surface area contributed by atoms with Gasteiger partial charge in [-0.3, -0.25) is 9.59 Å². The summed E-state index contributed by atoms with van der Waals surface area (Å²) >= 11 is 1.95. The molecule has 0 atom stereocenters. The van der Waals surface area contributed by atoms with Crippen molar-refractivity contribution < 1.29 is 33.4 Å². The summed E-state index contributed by atoms with van der Waals surface area (Å²) in [7, 11) is 0. The molecule has 58 heavy (non-hydrogen) atoms. The molecule has 7 aromatic carbocycles. The molecule has 0 saturated carbocycles. The van der Waals surface area contributed by atoms with Crippen LogP contribution in [-0.2, 0) is 11.8 Å². The van der Waals surface area contributed by atoms with E-state index in [0.717, 1.165) is 53.1 Å². The summed E-state index contributed by atoms with van der Waals surface area (Å²) in [6.45, 7) is 0. The lowest BCUT2D eigenvalue weighted by molar-refractivity contribution is 0.0721. The summed E-state index contributed by atoms with van der Waals surface area (Å²) in [5.74, 6) is 0.314. The number of aryl methyl sites for hydroxylation is 1. The summed E-state index contributed by atoms with van der Waals surface area (Å²) in [4.78, 5) is 54.4. The Morgan fingerprint density at radius 1 is 0.483 bits per heavy atom. The maximum Gasteiger partial charge on any atom is 0.344 e. The van der Waals surface area contributed by atoms with E-state index in [9.17, 15) is 19.2 Å². The standard InChI is InChI=1S/C49H32O7S2/c50-45(36-18-8-11-21-43(36)57-47(52)32-14-3-1-4-15-32)54-34-23-25-39-41(29-34)56-42-30-35(24-26-40(42)49(39)28-27-31-13-7-10-20-38(31)49)55-46(51)37-19-9-12-22-44(37)58-48(53)33-16-5-2-6-17-33/h1-26,29-30H,27-28H2. The third kappa shape index (κ3) is 6.99. The molecule has 0 fully saturated rings. The summed E-state index contributed by atoms with van der Waals surface area (Å²) in [6.07, 6.45) is 1.61. The van der Waals surface area contributed by atoms with E-state index < -0.39 is 17.4 Å². The topological polar surface area (TPSA) is 96.0 Å². The first-order valence-corrected chi connectivity index (χ1v) is 20.2. The number of carbonyl (C=O) groups is 4. The van der Waals surface area contributed by atoms with Crippen LogP contribution in [0.2, 0.25) is 0 Å². The van der Waals surface area contributed by atoms with Gasteiger partial charge in [0.2, 0.25) is 10.2 Å². The lowest BCUT2D eigenvalue weighted by Gasteiger charge is -2.38. The van der Waals surface area contributed by atoms with Gasteiger partial charge in [-0.1, -0.05) is 121 Å². The molecule has 0 bridgehead atoms. The van der Waals surface area contributed by atoms with Gasteiger partial charge in [-0.25, -0.2) is 9.59 Å². The number of hydrogen-bond donors (Lipinski definition) is 0. The molecule has 282 valence electrons. The zero-order valence-corrected chi connectivity index (χ0v) is 32.4. The van der Waals surface area contributed by atoms with E-state index in [-0.39, 0.29) is 32.9 Å². The third-order valence-electron chi connectivity index (χ3n) is 10.4. The zero-order chi connectivity index (χ0) is 39.6. The number of hydrogen-bond acceptors (Lipinski definition) is 9. The maximum absolute atomic E-state index is 13.7. The van der Waals surface area contributed by atoms with Gasteiger partial charge in [0.05, 0.1) is 16.5 Å². The van der Waals surface area contributed by atoms with Gasteiger partial charge < -0.3 is 14.2 Å². The van der Waals surface area contributed by atoms with Crippen LogP contribution >= 0.6 is 23.5 Å². The molecule has 9 heteroatoms. The molecular formula is C49H32O7S2. The van der Waals surface area contributed by atoms with Crippen LogP contribution < -0.4 is 14.2 Å². The van der Waals surface area contributed by atoms with Crippen LogP contribution in [0.25, 0.3) is 0 Å². The average Bonchev–Trinajstić information content (AvgIpc) is 3.64. The van der Waals surface area contributed by atoms with Crippen molar-refractivity contribution in [2.45, 2.75) is 28.0 Å². The molecule has 1 spiro atoms. The molecule has 7 aromatic rings. The molecule has 0 radical (unpaired) electrons. The van der Waals surface area contributed by atoms with E-state index in [2.05, 4.69) is 12.1 Å². The minimum atomic E-state index is -0.612. The Hall–Kier alpha value is -6.68. The number of thioether (sulfide) groups is 2. The van der Waals surface area contributed by atoms with E-state index in [1.54, 1.807) is 121 Å². The van der Waals surface area contributed by atoms with Crippen molar-refractivity contribution in [2.24, 2.45) is 0 Å². The second-order valence-corrected chi connectivity index (χ2v) is 15.8. The predicted molar refractivity (Wildman–Crippen MR) is 224 cm³/mol. The highest BCUT2D eigenvalue weighted by molar-refractivity contribution is 8.14. The third-order valence-corrected chi connectivity index (χ3v) is 12.3. The molecule has 1 aliphatic heterocycles. The lowest BCUT2D eigenvalue weighted by Crippen LogP contribution is -2.30. The van der Waals surface area contributed by atoms with Gasteiger partial charge in [-0.15, -0.1) is 0 Å². The minimum absolute atomic E-state index is 0.185. The van der Waals surface area contributed by atoms with Crippen LogP contribution in [0.3, 0.4) is 0 Å². The highest BCUT2D eigenvalue weighted by Crippen LogP contribution is 2.58. The van der Waals surface area contributed by atoms with Gasteiger partial charge in [0, 0.05) is 44.2 Å². The van der Waals surface area contributed by atoms with Gasteiger partial charge >= 0.3 is 11.9 Å². The van der Waals surface area contributed by atoms with Crippen molar-refractivity contribution in [2.75, 3.05) is 0 Å². The van der Waals surface area contributed by atoms with Crippen LogP contribution in [0.4, 0.5) is 0 Å². The Balaban J connectivity index is 1.01. The highest BCUT2D eigenvalue weighted by Gasteiger charge is 2.48. The van der Waals surface area contributed by atoms with Crippen molar-refractivity contribution in [3.8, 4) is 23.0 Å². The van der Waals surface area contributed by atoms with Gasteiger partial charge in [-0.2, -0.15) is 0 Å². The first-order valence-electron chi connectivity index (χ1n) is 18.6. The van der Waals surface area contributed by atoms with Gasteiger partial charge in [0.25, 0.3) is 0 Å². The van der Waals surface area contributed by atoms with Gasteiger partial charge in [0.15, 0.2) is 0 Å². The fourth-order valence-corrected chi connectivity index (χ4v) is 9.40. The normalized spacial score (nSPS) is 13.0. The second-order valence-electron chi connectivity index (χ2n) is 13.8. The number of benzene rings is 7. The van der Waals surface area contributed by atoms with Crippen LogP contribution in [-0.4, -0.2) is 22.2 Å². The average molecular weight is 797 g/mol. The molecule has 1 aliphatic carbocycles. The first kappa shape index (κ1) is 36.9. The molecule has 9 rings (SSSR count). The fourth-order valence-electron chi connectivity index (χ4n) is 7.68. The minimum Gasteiger partial charge on any atom is -0.456 e. The van der Waals surface area contributed by atoms with Gasteiger partial charge in [-0.05, 0) is 83.9 Å². The van der Waals surface area contributed by atoms with E-state index in [4.69, 9.17) is 14.2 Å². The number of fused-ring (bicyclic) bond motifs is 6. The smallest absolute Gasteiger partial charge is 0.344 e. The Morgan fingerprint density at radius 2 is 0.931 bits per heavy atom. The summed E-state index contributed by atoms with van der Waals surface area (Å²) in [6, 6.07) is 50.7. The van der Waals surface area contributed by atoms with E-state index >= 15 is 0 Å². The SMILES string of the molecule is O=C(Sc1ccccc1C(=O)Oc1ccc2c(c1)Oc1cc(OC(=O)c3ccccc3SC(=O)c3ccccc3)ccc1C21CCc2ccccc21)c1ccccc1. The van der Waals surface area contributed by atoms with Crippen LogP contribution in [0.15, 0.2) is 180 Å². The zero-order valence-electron chi connectivity index (χ0n) is 30.8. The predicted octanol–water partition coefficient (Wildman–Crippen LogP) is 11.4. The largest absolute Gasteiger partial charge is 0.456 e. The molecule has 1 heterocycles. The highest BCUT2D eigenvalue weighted by atomic mass is 32.2. The Labute approximate surface area is 343 Å². The Bertz CT molecular complexity index is 2590. The summed E-state index contributed by atoms with van der Waals surface area (Å²) in [5.41, 5.74) is 5.23. The molecule has 7 nitrogen and oxygen atoms in total. The van der Waals surface area contributed by atoms with Crippen molar-refractivity contribution in [3.63, 3.8) is 0 Å². The quantitative estimate of drug-likeness (QED) is 0.0846. The number of rotatable bonds is 8. The van der Waals surface area contributed by atoms with Crippen LogP contribution in [0, 0.1) is 0 Å². The molecule has 0 aromatic heterocycles. The molecular weight excluding hydrogens is 765 g/mol. The molecule has 0 N–H and O–H groups in total. The first-order chi connectivity index (χ1) is 28.4. The van der Waals surface area contributed by atoms with Crippen LogP contribution in [0.5, 0.6) is 23.0 Å². The Morgan fingerprint density at radius 3 is 1.45 bits per heavy atom. The number of esters is 2. The lowest BCUT2D eigenvalue weighted by atomic mass is 9.68. The summed E-state index contributed by atoms with van der Waals surface area (Å²) < 4.78 is 18.5. The molecule has 0 unspecified atom stereocenters. The number of ether oxygens (including phenoxy) is 3. The van der Waals surface area contributed by atoms with E-state index in [0.29, 0.717) is 32.4 Å². The van der Waals surface area contributed by atoms with E-state index in [1.165, 1.54) is 5.56 Å². The van der Waals surface area contributed by atoms with Gasteiger partial charge in [0.1, 0.15) is 23.0 Å². The monoisotopic (exact) mass is 796 g/mol. The Kier molecular flexibility index (Phi) is 9.99. The van der Waals surface area contributed by atoms with Crippen LogP contribution in [0.1, 0.15) is 70.1 Å². The number of carbonyl (C=O) groups excluding carboxylic acids is 4. The molecule has 0 amide bonds. The molecule has 2 aliphatic rings. The van der Waals surface area contributed by atoms with E-state index in [1.807, 2.05) is 36.4 Å². The maximum atomic E-state index is 13.7. The summed E-state index contributed by atoms with van der Waals surface area (Å²) in [5, 5.41) is -0.370. The van der Waals surface area contributed by atoms with Crippen molar-refractivity contribution in [1.29, 1.82) is 0 Å². The second kappa shape index (κ2) is 15.7. The molecule has 0 saturated heterocycles. The van der Waals surface area contributed by atoms with Crippen molar-refractivity contribution in [1.82, 2.24) is 0 Å². The van der Waals surface area contributed by atoms with Crippen molar-refractivity contribution in [3.05, 3.63) is 214 Å². The fraction of sp³-hybridized carbons (Fsp3) is 0.0612.